The first-order chi connectivity index (χ1) is 9.47. The predicted octanol–water partition coefficient (Wildman–Crippen LogP) is 1.69. The van der Waals surface area contributed by atoms with E-state index in [1.54, 1.807) is 20.1 Å². The minimum atomic E-state index is -0.684. The van der Waals surface area contributed by atoms with Gasteiger partial charge in [0.1, 0.15) is 11.8 Å². The zero-order valence-corrected chi connectivity index (χ0v) is 12.1. The van der Waals surface area contributed by atoms with Crippen molar-refractivity contribution in [3.63, 3.8) is 0 Å². The molecule has 1 N–H and O–H groups in total. The Kier molecular flexibility index (Phi) is 5.77. The van der Waals surface area contributed by atoms with Crippen LogP contribution in [0.25, 0.3) is 6.08 Å². The molecule has 1 rings (SSSR count). The summed E-state index contributed by atoms with van der Waals surface area (Å²) in [5.74, 6) is -0.174. The van der Waals surface area contributed by atoms with Crippen LogP contribution in [0, 0.1) is 6.92 Å². The van der Waals surface area contributed by atoms with Crippen molar-refractivity contribution in [2.45, 2.75) is 19.9 Å². The van der Waals surface area contributed by atoms with E-state index in [0.717, 1.165) is 11.1 Å². The molecular formula is C15H19NO4. The lowest BCUT2D eigenvalue weighted by Gasteiger charge is -2.09. The third-order valence-corrected chi connectivity index (χ3v) is 2.71. The molecule has 108 valence electrons. The summed E-state index contributed by atoms with van der Waals surface area (Å²) in [6.07, 6.45) is 3.00. The van der Waals surface area contributed by atoms with Crippen LogP contribution in [0.4, 0.5) is 0 Å². The molecule has 1 amide bonds. The highest BCUT2D eigenvalue weighted by atomic mass is 16.5. The largest absolute Gasteiger partial charge is 0.496 e. The molecule has 0 aliphatic rings. The smallest absolute Gasteiger partial charge is 0.328 e. The van der Waals surface area contributed by atoms with E-state index in [1.165, 1.54) is 13.2 Å². The number of ether oxygens (including phenoxy) is 2. The predicted molar refractivity (Wildman–Crippen MR) is 76.4 cm³/mol. The average Bonchev–Trinajstić information content (AvgIpc) is 2.44. The highest BCUT2D eigenvalue weighted by Crippen LogP contribution is 2.20. The van der Waals surface area contributed by atoms with Gasteiger partial charge in [-0.15, -0.1) is 0 Å². The Bertz CT molecular complexity index is 523. The third kappa shape index (κ3) is 4.42. The molecule has 0 spiro atoms. The first kappa shape index (κ1) is 15.8. The topological polar surface area (TPSA) is 64.6 Å². The van der Waals surface area contributed by atoms with Gasteiger partial charge in [-0.05, 0) is 32.1 Å². The Hall–Kier alpha value is -2.30. The van der Waals surface area contributed by atoms with Crippen LogP contribution < -0.4 is 10.1 Å². The van der Waals surface area contributed by atoms with Crippen LogP contribution in [0.3, 0.4) is 0 Å². The lowest BCUT2D eigenvalue weighted by Crippen LogP contribution is -2.38. The molecule has 0 bridgehead atoms. The number of aryl methyl sites for hydroxylation is 1. The summed E-state index contributed by atoms with van der Waals surface area (Å²) < 4.78 is 9.74. The molecule has 1 aromatic rings. The fourth-order valence-electron chi connectivity index (χ4n) is 1.65. The molecule has 1 aromatic carbocycles. The molecule has 1 atom stereocenters. The van der Waals surface area contributed by atoms with Crippen LogP contribution in [0.2, 0.25) is 0 Å². The van der Waals surface area contributed by atoms with E-state index >= 15 is 0 Å². The summed E-state index contributed by atoms with van der Waals surface area (Å²) in [7, 11) is 2.85. The van der Waals surface area contributed by atoms with Crippen molar-refractivity contribution in [3.8, 4) is 5.75 Å². The maximum absolute atomic E-state index is 11.7. The van der Waals surface area contributed by atoms with Crippen LogP contribution >= 0.6 is 0 Å². The van der Waals surface area contributed by atoms with Crippen LogP contribution in [-0.4, -0.2) is 32.1 Å². The highest BCUT2D eigenvalue weighted by Gasteiger charge is 2.14. The zero-order valence-electron chi connectivity index (χ0n) is 12.1. The molecule has 20 heavy (non-hydrogen) atoms. The highest BCUT2D eigenvalue weighted by molar-refractivity contribution is 5.94. The molecule has 0 aliphatic carbocycles. The normalized spacial score (nSPS) is 12.0. The fourth-order valence-corrected chi connectivity index (χ4v) is 1.65. The van der Waals surface area contributed by atoms with Gasteiger partial charge in [0.15, 0.2) is 0 Å². The van der Waals surface area contributed by atoms with E-state index in [9.17, 15) is 9.59 Å². The maximum Gasteiger partial charge on any atom is 0.328 e. The van der Waals surface area contributed by atoms with Gasteiger partial charge in [-0.25, -0.2) is 4.79 Å². The van der Waals surface area contributed by atoms with E-state index in [4.69, 9.17) is 4.74 Å². The molecule has 0 heterocycles. The van der Waals surface area contributed by atoms with Crippen LogP contribution in [0.15, 0.2) is 24.3 Å². The Morgan fingerprint density at radius 2 is 2.00 bits per heavy atom. The zero-order chi connectivity index (χ0) is 15.1. The van der Waals surface area contributed by atoms with Crippen molar-refractivity contribution in [3.05, 3.63) is 35.4 Å². The second kappa shape index (κ2) is 7.33. The van der Waals surface area contributed by atoms with Crippen LogP contribution in [0.5, 0.6) is 5.75 Å². The minimum absolute atomic E-state index is 0.369. The van der Waals surface area contributed by atoms with Gasteiger partial charge in [0.05, 0.1) is 14.2 Å². The molecule has 0 saturated heterocycles. The van der Waals surface area contributed by atoms with Crippen molar-refractivity contribution in [1.29, 1.82) is 0 Å². The van der Waals surface area contributed by atoms with Gasteiger partial charge in [0.25, 0.3) is 0 Å². The molecule has 0 aromatic heterocycles. The summed E-state index contributed by atoms with van der Waals surface area (Å²) in [5, 5.41) is 2.51. The van der Waals surface area contributed by atoms with Gasteiger partial charge < -0.3 is 14.8 Å². The molecule has 5 nitrogen and oxygen atoms in total. The number of amides is 1. The van der Waals surface area contributed by atoms with Crippen LogP contribution in [-0.2, 0) is 14.3 Å². The van der Waals surface area contributed by atoms with Gasteiger partial charge in [0.2, 0.25) is 5.91 Å². The van der Waals surface area contributed by atoms with Crippen molar-refractivity contribution >= 4 is 18.0 Å². The quantitative estimate of drug-likeness (QED) is 0.657. The molecular weight excluding hydrogens is 258 g/mol. The molecule has 1 unspecified atom stereocenters. The first-order valence-electron chi connectivity index (χ1n) is 6.19. The molecule has 0 radical (unpaired) electrons. The Labute approximate surface area is 118 Å². The number of nitrogens with one attached hydrogen (secondary N) is 1. The molecule has 0 saturated carbocycles. The average molecular weight is 277 g/mol. The Morgan fingerprint density at radius 3 is 2.60 bits per heavy atom. The van der Waals surface area contributed by atoms with Crippen LogP contribution in [0.1, 0.15) is 18.1 Å². The number of benzene rings is 1. The molecule has 0 aliphatic heterocycles. The van der Waals surface area contributed by atoms with E-state index in [2.05, 4.69) is 10.1 Å². The van der Waals surface area contributed by atoms with E-state index in [-0.39, 0.29) is 5.91 Å². The summed E-state index contributed by atoms with van der Waals surface area (Å²) in [6.45, 7) is 3.51. The number of hydrogen-bond donors (Lipinski definition) is 1. The van der Waals surface area contributed by atoms with Gasteiger partial charge in [-0.3, -0.25) is 4.79 Å². The van der Waals surface area contributed by atoms with Gasteiger partial charge in [0, 0.05) is 11.6 Å². The maximum atomic E-state index is 11.7. The number of hydrogen-bond acceptors (Lipinski definition) is 4. The van der Waals surface area contributed by atoms with E-state index < -0.39 is 12.0 Å². The molecule has 0 fully saturated rings. The standard InChI is InChI=1S/C15H19NO4/c1-10-5-7-13(19-3)12(9-10)6-8-14(17)16-11(2)15(18)20-4/h5-9,11H,1-4H3,(H,16,17). The lowest BCUT2D eigenvalue weighted by atomic mass is 10.1. The number of esters is 1. The first-order valence-corrected chi connectivity index (χ1v) is 6.19. The minimum Gasteiger partial charge on any atom is -0.496 e. The monoisotopic (exact) mass is 277 g/mol. The van der Waals surface area contributed by atoms with Crippen molar-refractivity contribution < 1.29 is 19.1 Å². The van der Waals surface area contributed by atoms with Gasteiger partial charge in [-0.1, -0.05) is 11.6 Å². The summed E-state index contributed by atoms with van der Waals surface area (Å²) in [4.78, 5) is 22.9. The Balaban J connectivity index is 2.75. The van der Waals surface area contributed by atoms with Gasteiger partial charge in [-0.2, -0.15) is 0 Å². The SMILES string of the molecule is COC(=O)C(C)NC(=O)C=Cc1cc(C)ccc1OC. The summed E-state index contributed by atoms with van der Waals surface area (Å²) in [6, 6.07) is 4.99. The number of rotatable bonds is 5. The summed E-state index contributed by atoms with van der Waals surface area (Å²) >= 11 is 0. The second-order valence-electron chi connectivity index (χ2n) is 4.33. The van der Waals surface area contributed by atoms with E-state index in [0.29, 0.717) is 5.75 Å². The van der Waals surface area contributed by atoms with Crippen molar-refractivity contribution in [2.75, 3.05) is 14.2 Å². The second-order valence-corrected chi connectivity index (χ2v) is 4.33. The number of methoxy groups -OCH3 is 2. The Morgan fingerprint density at radius 1 is 1.30 bits per heavy atom. The lowest BCUT2D eigenvalue weighted by molar-refractivity contribution is -0.144. The molecule has 5 heteroatoms. The number of carbonyl (C=O) groups excluding carboxylic acids is 2. The van der Waals surface area contributed by atoms with Crippen molar-refractivity contribution in [2.24, 2.45) is 0 Å². The third-order valence-electron chi connectivity index (χ3n) is 2.71. The fraction of sp³-hybridized carbons (Fsp3) is 0.333. The van der Waals surface area contributed by atoms with E-state index in [1.807, 2.05) is 25.1 Å². The summed E-state index contributed by atoms with van der Waals surface area (Å²) in [5.41, 5.74) is 1.86. The van der Waals surface area contributed by atoms with Gasteiger partial charge >= 0.3 is 5.97 Å². The number of carbonyl (C=O) groups is 2. The van der Waals surface area contributed by atoms with Crippen molar-refractivity contribution in [1.82, 2.24) is 5.32 Å².